The Morgan fingerprint density at radius 3 is 2.85 bits per heavy atom. The molecule has 1 N–H and O–H groups in total. The number of thiophene rings is 1. The number of anilines is 1. The molecule has 8 nitrogen and oxygen atoms in total. The lowest BCUT2D eigenvalue weighted by atomic mass is 10.2. The van der Waals surface area contributed by atoms with Gasteiger partial charge >= 0.3 is 0 Å². The van der Waals surface area contributed by atoms with Crippen molar-refractivity contribution in [2.45, 2.75) is 32.5 Å². The van der Waals surface area contributed by atoms with Crippen LogP contribution in [-0.2, 0) is 16.1 Å². The molecule has 10 heteroatoms. The smallest absolute Gasteiger partial charge is 0.263 e. The van der Waals surface area contributed by atoms with Crippen LogP contribution in [0.2, 0.25) is 0 Å². The molecule has 0 bridgehead atoms. The molecule has 1 amide bonds. The number of ether oxygens (including phenoxy) is 1. The molecule has 0 atom stereocenters. The quantitative estimate of drug-likeness (QED) is 0.474. The molecular formula is C17H20N4O4S2. The van der Waals surface area contributed by atoms with Crippen LogP contribution in [0.3, 0.4) is 0 Å². The van der Waals surface area contributed by atoms with Gasteiger partial charge in [-0.15, -0.1) is 11.3 Å². The Morgan fingerprint density at radius 1 is 1.41 bits per heavy atom. The van der Waals surface area contributed by atoms with E-state index in [9.17, 15) is 9.59 Å². The van der Waals surface area contributed by atoms with E-state index in [1.807, 2.05) is 13.8 Å². The first-order chi connectivity index (χ1) is 12.9. The van der Waals surface area contributed by atoms with Crippen molar-refractivity contribution in [3.8, 4) is 0 Å². The van der Waals surface area contributed by atoms with Gasteiger partial charge < -0.3 is 14.6 Å². The zero-order chi connectivity index (χ0) is 19.6. The largest absolute Gasteiger partial charge is 0.383 e. The second kappa shape index (κ2) is 8.24. The summed E-state index contributed by atoms with van der Waals surface area (Å²) in [7, 11) is 1.58. The van der Waals surface area contributed by atoms with Crippen molar-refractivity contribution in [2.75, 3.05) is 24.8 Å². The highest BCUT2D eigenvalue weighted by molar-refractivity contribution is 7.99. The Hall–Kier alpha value is -2.17. The molecule has 27 heavy (non-hydrogen) atoms. The maximum atomic E-state index is 13.0. The summed E-state index contributed by atoms with van der Waals surface area (Å²) in [4.78, 5) is 31.5. The Morgan fingerprint density at radius 2 is 2.19 bits per heavy atom. The van der Waals surface area contributed by atoms with Crippen molar-refractivity contribution in [1.29, 1.82) is 0 Å². The van der Waals surface area contributed by atoms with E-state index >= 15 is 0 Å². The number of hydrogen-bond donors (Lipinski definition) is 1. The molecule has 0 aromatic carbocycles. The third-order valence-corrected chi connectivity index (χ3v) is 6.08. The second-order valence-electron chi connectivity index (χ2n) is 5.97. The van der Waals surface area contributed by atoms with Crippen molar-refractivity contribution in [2.24, 2.45) is 0 Å². The number of nitrogens with zero attached hydrogens (tertiary/aromatic N) is 3. The van der Waals surface area contributed by atoms with Crippen LogP contribution in [0.15, 0.2) is 20.5 Å². The van der Waals surface area contributed by atoms with Crippen molar-refractivity contribution in [3.63, 3.8) is 0 Å². The number of hydrogen-bond acceptors (Lipinski definition) is 8. The maximum Gasteiger partial charge on any atom is 0.263 e. The zero-order valence-corrected chi connectivity index (χ0v) is 17.1. The molecule has 0 aliphatic heterocycles. The zero-order valence-electron chi connectivity index (χ0n) is 15.5. The highest BCUT2D eigenvalue weighted by Gasteiger charge is 2.18. The minimum absolute atomic E-state index is 0.0974. The fourth-order valence-electron chi connectivity index (χ4n) is 2.53. The van der Waals surface area contributed by atoms with E-state index in [1.54, 1.807) is 24.7 Å². The SMILES string of the molecule is COCCn1c(SCC(=O)Nc2cc(C)on2)nc2sc(C)c(C)c2c1=O. The lowest BCUT2D eigenvalue weighted by Crippen LogP contribution is -2.26. The van der Waals surface area contributed by atoms with Gasteiger partial charge in [0.25, 0.3) is 5.56 Å². The average Bonchev–Trinajstić information content (AvgIpc) is 3.15. The Bertz CT molecular complexity index is 1040. The van der Waals surface area contributed by atoms with Crippen LogP contribution in [0.5, 0.6) is 0 Å². The highest BCUT2D eigenvalue weighted by Crippen LogP contribution is 2.28. The van der Waals surface area contributed by atoms with Gasteiger partial charge in [-0.05, 0) is 26.3 Å². The highest BCUT2D eigenvalue weighted by atomic mass is 32.2. The second-order valence-corrected chi connectivity index (χ2v) is 8.11. The van der Waals surface area contributed by atoms with E-state index in [0.29, 0.717) is 40.1 Å². The standard InChI is InChI=1S/C17H20N4O4S2/c1-9-7-12(20-25-9)18-13(22)8-26-17-19-15-14(10(2)11(3)27-15)16(23)21(17)5-6-24-4/h7H,5-6,8H2,1-4H3,(H,18,20,22). The van der Waals surface area contributed by atoms with Gasteiger partial charge in [-0.2, -0.15) is 0 Å². The predicted molar refractivity (Wildman–Crippen MR) is 106 cm³/mol. The summed E-state index contributed by atoms with van der Waals surface area (Å²) in [6.07, 6.45) is 0. The number of aromatic nitrogens is 3. The number of rotatable bonds is 7. The van der Waals surface area contributed by atoms with Crippen LogP contribution in [0.1, 0.15) is 16.2 Å². The van der Waals surface area contributed by atoms with Gasteiger partial charge in [0, 0.05) is 18.1 Å². The molecule has 0 aliphatic rings. The summed E-state index contributed by atoms with van der Waals surface area (Å²) in [5.41, 5.74) is 0.850. The lowest BCUT2D eigenvalue weighted by Gasteiger charge is -2.11. The number of nitrogens with one attached hydrogen (secondary N) is 1. The van der Waals surface area contributed by atoms with Crippen LogP contribution in [0.4, 0.5) is 5.82 Å². The number of carbonyl (C=O) groups excluding carboxylic acids is 1. The van der Waals surface area contributed by atoms with Crippen molar-refractivity contribution >= 4 is 45.0 Å². The first-order valence-corrected chi connectivity index (χ1v) is 10.1. The fraction of sp³-hybridized carbons (Fsp3) is 0.412. The molecule has 0 saturated carbocycles. The number of methoxy groups -OCH3 is 1. The molecule has 0 saturated heterocycles. The van der Waals surface area contributed by atoms with E-state index in [1.165, 1.54) is 23.1 Å². The van der Waals surface area contributed by atoms with Gasteiger partial charge in [-0.25, -0.2) is 4.98 Å². The predicted octanol–water partition coefficient (Wildman–Crippen LogP) is 2.75. The fourth-order valence-corrected chi connectivity index (χ4v) is 4.43. The molecule has 3 heterocycles. The third kappa shape index (κ3) is 4.23. The molecule has 0 spiro atoms. The molecule has 0 aliphatic carbocycles. The Kier molecular flexibility index (Phi) is 5.98. The minimum Gasteiger partial charge on any atom is -0.383 e. The van der Waals surface area contributed by atoms with Crippen molar-refractivity contribution in [1.82, 2.24) is 14.7 Å². The van der Waals surface area contributed by atoms with E-state index < -0.39 is 0 Å². The van der Waals surface area contributed by atoms with Crippen molar-refractivity contribution in [3.05, 3.63) is 32.6 Å². The average molecular weight is 409 g/mol. The topological polar surface area (TPSA) is 99.2 Å². The van der Waals surface area contributed by atoms with Crippen LogP contribution in [0.25, 0.3) is 10.2 Å². The monoisotopic (exact) mass is 408 g/mol. The van der Waals surface area contributed by atoms with Gasteiger partial charge in [0.15, 0.2) is 11.0 Å². The van der Waals surface area contributed by atoms with Gasteiger partial charge in [0.05, 0.1) is 24.3 Å². The summed E-state index contributed by atoms with van der Waals surface area (Å²) in [5.74, 6) is 0.823. The summed E-state index contributed by atoms with van der Waals surface area (Å²) < 4.78 is 11.6. The van der Waals surface area contributed by atoms with Crippen LogP contribution >= 0.6 is 23.1 Å². The van der Waals surface area contributed by atoms with Gasteiger partial charge in [0.2, 0.25) is 5.91 Å². The first-order valence-electron chi connectivity index (χ1n) is 8.26. The molecule has 144 valence electrons. The lowest BCUT2D eigenvalue weighted by molar-refractivity contribution is -0.113. The summed E-state index contributed by atoms with van der Waals surface area (Å²) in [5, 5.41) is 7.53. The molecule has 3 aromatic rings. The number of carbonyl (C=O) groups is 1. The number of aryl methyl sites for hydroxylation is 3. The molecule has 0 fully saturated rings. The third-order valence-electron chi connectivity index (χ3n) is 4.00. The van der Waals surface area contributed by atoms with Crippen LogP contribution < -0.4 is 10.9 Å². The van der Waals surface area contributed by atoms with Gasteiger partial charge in [-0.1, -0.05) is 16.9 Å². The summed E-state index contributed by atoms with van der Waals surface area (Å²) >= 11 is 2.70. The minimum atomic E-state index is -0.250. The first kappa shape index (κ1) is 19.6. The van der Waals surface area contributed by atoms with E-state index in [4.69, 9.17) is 9.26 Å². The molecule has 0 radical (unpaired) electrons. The Balaban J connectivity index is 1.85. The molecule has 3 rings (SSSR count). The number of fused-ring (bicyclic) bond motifs is 1. The van der Waals surface area contributed by atoms with E-state index in [0.717, 1.165) is 10.4 Å². The molecule has 0 unspecified atom stereocenters. The summed E-state index contributed by atoms with van der Waals surface area (Å²) in [6, 6.07) is 1.64. The van der Waals surface area contributed by atoms with E-state index in [-0.39, 0.29) is 17.2 Å². The van der Waals surface area contributed by atoms with Crippen molar-refractivity contribution < 1.29 is 14.1 Å². The maximum absolute atomic E-state index is 13.0. The van der Waals surface area contributed by atoms with Crippen LogP contribution in [-0.4, -0.2) is 40.1 Å². The number of thioether (sulfide) groups is 1. The van der Waals surface area contributed by atoms with Gasteiger partial charge in [0.1, 0.15) is 10.6 Å². The molecular weight excluding hydrogens is 388 g/mol. The van der Waals surface area contributed by atoms with Gasteiger partial charge in [-0.3, -0.25) is 14.2 Å². The number of amides is 1. The van der Waals surface area contributed by atoms with E-state index in [2.05, 4.69) is 15.5 Å². The Labute approximate surface area is 163 Å². The normalized spacial score (nSPS) is 11.3. The van der Waals surface area contributed by atoms with Crippen LogP contribution in [0, 0.1) is 20.8 Å². The molecule has 3 aromatic heterocycles. The summed E-state index contributed by atoms with van der Waals surface area (Å²) in [6.45, 7) is 6.40.